The second-order valence-corrected chi connectivity index (χ2v) is 7.93. The molecule has 4 rings (SSSR count). The molecule has 144 valence electrons. The van der Waals surface area contributed by atoms with Gasteiger partial charge in [-0.2, -0.15) is 0 Å². The van der Waals surface area contributed by atoms with E-state index in [4.69, 9.17) is 9.47 Å². The highest BCUT2D eigenvalue weighted by molar-refractivity contribution is 7.14. The van der Waals surface area contributed by atoms with E-state index in [1.807, 2.05) is 54.3 Å². The van der Waals surface area contributed by atoms with Gasteiger partial charge in [-0.3, -0.25) is 4.79 Å². The summed E-state index contributed by atoms with van der Waals surface area (Å²) in [6.45, 7) is 3.17. The topological polar surface area (TPSA) is 51.7 Å². The number of aryl methyl sites for hydroxylation is 1. The van der Waals surface area contributed by atoms with Gasteiger partial charge in [0.1, 0.15) is 4.88 Å². The number of fused-ring (bicyclic) bond motifs is 1. The SMILES string of the molecule is COc1cc2c(cc1OC)CN(C(=O)c1sc(C)nc1-c1ccccc1)CC2. The van der Waals surface area contributed by atoms with Crippen molar-refractivity contribution in [3.05, 3.63) is 63.5 Å². The third-order valence-electron chi connectivity index (χ3n) is 4.98. The molecule has 1 aromatic heterocycles. The predicted molar refractivity (Wildman–Crippen MR) is 110 cm³/mol. The molecule has 0 N–H and O–H groups in total. The fraction of sp³-hybridized carbons (Fsp3) is 0.273. The quantitative estimate of drug-likeness (QED) is 0.661. The van der Waals surface area contributed by atoms with Gasteiger partial charge in [0.2, 0.25) is 0 Å². The van der Waals surface area contributed by atoms with E-state index in [1.54, 1.807) is 14.2 Å². The summed E-state index contributed by atoms with van der Waals surface area (Å²) in [6, 6.07) is 13.9. The first-order chi connectivity index (χ1) is 13.6. The molecule has 0 radical (unpaired) electrons. The molecule has 0 saturated heterocycles. The summed E-state index contributed by atoms with van der Waals surface area (Å²) in [4.78, 5) is 20.6. The molecule has 1 aliphatic rings. The summed E-state index contributed by atoms with van der Waals surface area (Å²) in [5, 5.41) is 0.894. The number of ether oxygens (including phenoxy) is 2. The van der Waals surface area contributed by atoms with Crippen LogP contribution in [-0.2, 0) is 13.0 Å². The van der Waals surface area contributed by atoms with Crippen molar-refractivity contribution in [3.63, 3.8) is 0 Å². The van der Waals surface area contributed by atoms with E-state index in [0.29, 0.717) is 23.7 Å². The molecule has 28 heavy (non-hydrogen) atoms. The fourth-order valence-corrected chi connectivity index (χ4v) is 4.47. The summed E-state index contributed by atoms with van der Waals surface area (Å²) < 4.78 is 10.8. The van der Waals surface area contributed by atoms with Crippen molar-refractivity contribution >= 4 is 17.2 Å². The number of benzene rings is 2. The van der Waals surface area contributed by atoms with Gasteiger partial charge in [-0.05, 0) is 36.6 Å². The zero-order valence-corrected chi connectivity index (χ0v) is 17.0. The molecule has 0 spiro atoms. The highest BCUT2D eigenvalue weighted by atomic mass is 32.1. The van der Waals surface area contributed by atoms with Gasteiger partial charge in [0.15, 0.2) is 11.5 Å². The number of hydrogen-bond acceptors (Lipinski definition) is 5. The number of rotatable bonds is 4. The molecule has 1 amide bonds. The van der Waals surface area contributed by atoms with Crippen molar-refractivity contribution < 1.29 is 14.3 Å². The van der Waals surface area contributed by atoms with Crippen LogP contribution in [0, 0.1) is 6.92 Å². The lowest BCUT2D eigenvalue weighted by Gasteiger charge is -2.29. The van der Waals surface area contributed by atoms with Gasteiger partial charge >= 0.3 is 0 Å². The lowest BCUT2D eigenvalue weighted by atomic mass is 9.98. The maximum atomic E-state index is 13.3. The second kappa shape index (κ2) is 7.64. The van der Waals surface area contributed by atoms with Crippen molar-refractivity contribution in [2.75, 3.05) is 20.8 Å². The van der Waals surface area contributed by atoms with Crippen LogP contribution in [0.15, 0.2) is 42.5 Å². The summed E-state index contributed by atoms with van der Waals surface area (Å²) in [7, 11) is 3.27. The van der Waals surface area contributed by atoms with E-state index < -0.39 is 0 Å². The zero-order valence-electron chi connectivity index (χ0n) is 16.2. The van der Waals surface area contributed by atoms with Crippen molar-refractivity contribution in [2.24, 2.45) is 0 Å². The van der Waals surface area contributed by atoms with E-state index in [9.17, 15) is 4.79 Å². The van der Waals surface area contributed by atoms with Gasteiger partial charge in [-0.15, -0.1) is 11.3 Å². The molecule has 0 atom stereocenters. The first-order valence-corrected chi connectivity index (χ1v) is 9.98. The number of carbonyl (C=O) groups excluding carboxylic acids is 1. The zero-order chi connectivity index (χ0) is 19.7. The van der Waals surface area contributed by atoms with Gasteiger partial charge in [-0.25, -0.2) is 4.98 Å². The summed E-state index contributed by atoms with van der Waals surface area (Å²) in [6.07, 6.45) is 0.792. The number of thiazole rings is 1. The van der Waals surface area contributed by atoms with E-state index in [1.165, 1.54) is 16.9 Å². The Bertz CT molecular complexity index is 1010. The largest absolute Gasteiger partial charge is 0.493 e. The number of carbonyl (C=O) groups is 1. The highest BCUT2D eigenvalue weighted by Gasteiger charge is 2.27. The molecule has 5 nitrogen and oxygen atoms in total. The Morgan fingerprint density at radius 2 is 1.75 bits per heavy atom. The Morgan fingerprint density at radius 3 is 2.43 bits per heavy atom. The minimum atomic E-state index is 0.0323. The molecule has 2 aromatic carbocycles. The van der Waals surface area contributed by atoms with Crippen LogP contribution in [0.5, 0.6) is 11.5 Å². The number of aromatic nitrogens is 1. The summed E-state index contributed by atoms with van der Waals surface area (Å²) >= 11 is 1.46. The van der Waals surface area contributed by atoms with E-state index in [0.717, 1.165) is 34.0 Å². The molecule has 0 unspecified atom stereocenters. The molecule has 0 fully saturated rings. The lowest BCUT2D eigenvalue weighted by molar-refractivity contribution is 0.0740. The minimum absolute atomic E-state index is 0.0323. The van der Waals surface area contributed by atoms with Gasteiger partial charge in [0.25, 0.3) is 5.91 Å². The molecule has 0 saturated carbocycles. The van der Waals surface area contributed by atoms with Crippen LogP contribution in [0.4, 0.5) is 0 Å². The van der Waals surface area contributed by atoms with Crippen molar-refractivity contribution in [2.45, 2.75) is 19.9 Å². The first-order valence-electron chi connectivity index (χ1n) is 9.16. The lowest BCUT2D eigenvalue weighted by Crippen LogP contribution is -2.35. The molecular formula is C22H22N2O3S. The normalized spacial score (nSPS) is 13.2. The Labute approximate surface area is 168 Å². The number of methoxy groups -OCH3 is 2. The third kappa shape index (κ3) is 3.36. The Hall–Kier alpha value is -2.86. The van der Waals surface area contributed by atoms with Crippen LogP contribution in [0.25, 0.3) is 11.3 Å². The van der Waals surface area contributed by atoms with Crippen molar-refractivity contribution in [1.29, 1.82) is 0 Å². The number of hydrogen-bond donors (Lipinski definition) is 0. The number of nitrogens with zero attached hydrogens (tertiary/aromatic N) is 2. The molecule has 0 aliphatic carbocycles. The van der Waals surface area contributed by atoms with Gasteiger partial charge in [0.05, 0.1) is 24.9 Å². The average molecular weight is 394 g/mol. The summed E-state index contributed by atoms with van der Waals surface area (Å²) in [5.41, 5.74) is 4.04. The predicted octanol–water partition coefficient (Wildman–Crippen LogP) is 4.33. The Morgan fingerprint density at radius 1 is 1.07 bits per heavy atom. The molecule has 3 aromatic rings. The highest BCUT2D eigenvalue weighted by Crippen LogP contribution is 2.35. The van der Waals surface area contributed by atoms with E-state index in [2.05, 4.69) is 4.98 Å². The second-order valence-electron chi connectivity index (χ2n) is 6.73. The maximum absolute atomic E-state index is 13.3. The minimum Gasteiger partial charge on any atom is -0.493 e. The van der Waals surface area contributed by atoms with Crippen LogP contribution in [0.3, 0.4) is 0 Å². The van der Waals surface area contributed by atoms with Crippen LogP contribution in [0.2, 0.25) is 0 Å². The Kier molecular flexibility index (Phi) is 5.05. The van der Waals surface area contributed by atoms with Crippen LogP contribution in [0.1, 0.15) is 25.8 Å². The average Bonchev–Trinajstić information content (AvgIpc) is 3.14. The molecular weight excluding hydrogens is 372 g/mol. The molecule has 6 heteroatoms. The smallest absolute Gasteiger partial charge is 0.266 e. The fourth-order valence-electron chi connectivity index (χ4n) is 3.56. The molecule has 1 aliphatic heterocycles. The molecule has 0 bridgehead atoms. The van der Waals surface area contributed by atoms with Crippen LogP contribution < -0.4 is 9.47 Å². The Balaban J connectivity index is 1.65. The van der Waals surface area contributed by atoms with Crippen molar-refractivity contribution in [3.8, 4) is 22.8 Å². The summed E-state index contributed by atoms with van der Waals surface area (Å²) in [5.74, 6) is 1.45. The third-order valence-corrected chi connectivity index (χ3v) is 5.94. The van der Waals surface area contributed by atoms with Crippen molar-refractivity contribution in [1.82, 2.24) is 9.88 Å². The van der Waals surface area contributed by atoms with Gasteiger partial charge in [0, 0.05) is 18.7 Å². The van der Waals surface area contributed by atoms with Gasteiger partial charge < -0.3 is 14.4 Å². The van der Waals surface area contributed by atoms with Gasteiger partial charge in [-0.1, -0.05) is 30.3 Å². The van der Waals surface area contributed by atoms with Crippen LogP contribution >= 0.6 is 11.3 Å². The number of amides is 1. The standard InChI is InChI=1S/C22H22N2O3S/c1-14-23-20(15-7-5-4-6-8-15)21(28-14)22(25)24-10-9-16-11-18(26-2)19(27-3)12-17(16)13-24/h4-8,11-12H,9-10,13H2,1-3H3. The molecule has 2 heterocycles. The monoisotopic (exact) mass is 394 g/mol. The van der Waals surface area contributed by atoms with E-state index >= 15 is 0 Å². The first kappa shape index (κ1) is 18.5. The van der Waals surface area contributed by atoms with E-state index in [-0.39, 0.29) is 5.91 Å². The van der Waals surface area contributed by atoms with Crippen LogP contribution in [-0.4, -0.2) is 36.6 Å². The maximum Gasteiger partial charge on any atom is 0.266 e.